The van der Waals surface area contributed by atoms with Gasteiger partial charge in [-0.1, -0.05) is 29.8 Å². The van der Waals surface area contributed by atoms with E-state index in [-0.39, 0.29) is 5.56 Å². The quantitative estimate of drug-likeness (QED) is 0.870. The van der Waals surface area contributed by atoms with Gasteiger partial charge in [0.2, 0.25) is 0 Å². The molecule has 5 heteroatoms. The zero-order valence-corrected chi connectivity index (χ0v) is 13.4. The average molecular weight is 374 g/mol. The van der Waals surface area contributed by atoms with Crippen LogP contribution in [0.25, 0.3) is 5.69 Å². The van der Waals surface area contributed by atoms with E-state index < -0.39 is 0 Å². The molecule has 1 heterocycles. The van der Waals surface area contributed by atoms with Crippen LogP contribution >= 0.6 is 31.9 Å². The molecule has 2 aromatic rings. The van der Waals surface area contributed by atoms with Crippen molar-refractivity contribution in [1.82, 2.24) is 9.78 Å². The smallest absolute Gasteiger partial charge is 0.285 e. The fraction of sp³-hybridized carbons (Fsp3) is 0.308. The molecule has 0 fully saturated rings. The highest BCUT2D eigenvalue weighted by Crippen LogP contribution is 2.17. The van der Waals surface area contributed by atoms with Gasteiger partial charge in [-0.05, 0) is 52.5 Å². The summed E-state index contributed by atoms with van der Waals surface area (Å²) >= 11 is 6.75. The number of aromatic amines is 1. The summed E-state index contributed by atoms with van der Waals surface area (Å²) in [6.45, 7) is 4.25. The van der Waals surface area contributed by atoms with Gasteiger partial charge in [-0.2, -0.15) is 0 Å². The van der Waals surface area contributed by atoms with Gasteiger partial charge in [-0.3, -0.25) is 9.89 Å². The van der Waals surface area contributed by atoms with Crippen LogP contribution in [0.15, 0.2) is 38.0 Å². The summed E-state index contributed by atoms with van der Waals surface area (Å²) in [4.78, 5) is 12.1. The molecule has 1 aromatic carbocycles. The predicted molar refractivity (Wildman–Crippen MR) is 80.3 cm³/mol. The Morgan fingerprint density at radius 2 is 1.83 bits per heavy atom. The van der Waals surface area contributed by atoms with Crippen molar-refractivity contribution in [2.45, 2.75) is 20.3 Å². The van der Waals surface area contributed by atoms with Crippen molar-refractivity contribution < 1.29 is 0 Å². The number of hydrogen-bond donors (Lipinski definition) is 1. The Hall–Kier alpha value is -0.810. The lowest BCUT2D eigenvalue weighted by Gasteiger charge is -2.03. The third-order valence-electron chi connectivity index (χ3n) is 2.60. The summed E-state index contributed by atoms with van der Waals surface area (Å²) in [6.07, 6.45) is 0.847. The number of hydrogen-bond acceptors (Lipinski definition) is 1. The van der Waals surface area contributed by atoms with E-state index in [2.05, 4.69) is 50.8 Å². The van der Waals surface area contributed by atoms with Crippen molar-refractivity contribution in [3.8, 4) is 5.69 Å². The van der Waals surface area contributed by atoms with E-state index in [1.807, 2.05) is 24.3 Å². The molecule has 96 valence electrons. The Morgan fingerprint density at radius 3 is 2.39 bits per heavy atom. The molecule has 3 nitrogen and oxygen atoms in total. The molecule has 0 spiro atoms. The fourth-order valence-electron chi connectivity index (χ4n) is 1.78. The van der Waals surface area contributed by atoms with Crippen LogP contribution in [0.1, 0.15) is 19.5 Å². The largest absolute Gasteiger partial charge is 0.294 e. The summed E-state index contributed by atoms with van der Waals surface area (Å²) in [7, 11) is 0. The van der Waals surface area contributed by atoms with E-state index in [1.165, 1.54) is 0 Å². The van der Waals surface area contributed by atoms with Crippen LogP contribution in [-0.4, -0.2) is 9.78 Å². The van der Waals surface area contributed by atoms with Crippen LogP contribution in [0.5, 0.6) is 0 Å². The zero-order chi connectivity index (χ0) is 13.3. The second-order valence-electron chi connectivity index (χ2n) is 4.62. The summed E-state index contributed by atoms with van der Waals surface area (Å²) in [5.41, 5.74) is 1.73. The molecule has 0 bridgehead atoms. The molecule has 0 saturated heterocycles. The number of halogens is 2. The molecule has 0 aliphatic heterocycles. The Bertz CT molecular complexity index is 596. The molecular weight excluding hydrogens is 360 g/mol. The van der Waals surface area contributed by atoms with Gasteiger partial charge in [0.05, 0.1) is 11.4 Å². The van der Waals surface area contributed by atoms with Gasteiger partial charge in [0.1, 0.15) is 4.47 Å². The summed E-state index contributed by atoms with van der Waals surface area (Å²) in [6, 6.07) is 7.62. The highest BCUT2D eigenvalue weighted by Gasteiger charge is 2.13. The monoisotopic (exact) mass is 372 g/mol. The number of aromatic nitrogens is 2. The van der Waals surface area contributed by atoms with Crippen molar-refractivity contribution in [3.05, 3.63) is 49.3 Å². The minimum absolute atomic E-state index is 0.0482. The van der Waals surface area contributed by atoms with Gasteiger partial charge in [0, 0.05) is 4.47 Å². The van der Waals surface area contributed by atoms with Gasteiger partial charge < -0.3 is 0 Å². The van der Waals surface area contributed by atoms with E-state index in [0.29, 0.717) is 10.4 Å². The number of benzene rings is 1. The molecule has 0 unspecified atom stereocenters. The molecule has 0 amide bonds. The first-order valence-electron chi connectivity index (χ1n) is 5.74. The fourth-order valence-corrected chi connectivity index (χ4v) is 2.47. The Balaban J connectivity index is 2.46. The first-order valence-corrected chi connectivity index (χ1v) is 7.33. The van der Waals surface area contributed by atoms with Crippen LogP contribution in [-0.2, 0) is 6.42 Å². The minimum Gasteiger partial charge on any atom is -0.294 e. The van der Waals surface area contributed by atoms with Crippen molar-refractivity contribution in [2.75, 3.05) is 0 Å². The second-order valence-corrected chi connectivity index (χ2v) is 6.33. The molecule has 18 heavy (non-hydrogen) atoms. The SMILES string of the molecule is CC(C)Cc1[nH]n(-c2ccc(Br)cc2)c(=O)c1Br. The normalized spacial score (nSPS) is 11.2. The van der Waals surface area contributed by atoms with Crippen LogP contribution in [0.4, 0.5) is 0 Å². The zero-order valence-electron chi connectivity index (χ0n) is 10.2. The van der Waals surface area contributed by atoms with Gasteiger partial charge in [0.25, 0.3) is 5.56 Å². The Labute approximate surface area is 122 Å². The van der Waals surface area contributed by atoms with Gasteiger partial charge >= 0.3 is 0 Å². The van der Waals surface area contributed by atoms with Gasteiger partial charge in [-0.15, -0.1) is 0 Å². The van der Waals surface area contributed by atoms with E-state index in [9.17, 15) is 4.79 Å². The van der Waals surface area contributed by atoms with Crippen LogP contribution in [0.3, 0.4) is 0 Å². The third kappa shape index (κ3) is 2.78. The van der Waals surface area contributed by atoms with Crippen LogP contribution < -0.4 is 5.56 Å². The van der Waals surface area contributed by atoms with Crippen molar-refractivity contribution >= 4 is 31.9 Å². The maximum Gasteiger partial charge on any atom is 0.285 e. The highest BCUT2D eigenvalue weighted by molar-refractivity contribution is 9.10. The van der Waals surface area contributed by atoms with E-state index in [0.717, 1.165) is 22.3 Å². The standard InChI is InChI=1S/C13H14Br2N2O/c1-8(2)7-11-12(15)13(18)17(16-11)10-5-3-9(14)4-6-10/h3-6,8,16H,7H2,1-2H3. The van der Waals surface area contributed by atoms with Crippen molar-refractivity contribution in [3.63, 3.8) is 0 Å². The number of H-pyrrole nitrogens is 1. The molecule has 2 rings (SSSR count). The highest BCUT2D eigenvalue weighted by atomic mass is 79.9. The lowest BCUT2D eigenvalue weighted by Crippen LogP contribution is -2.14. The molecule has 0 atom stereocenters. The van der Waals surface area contributed by atoms with Gasteiger partial charge in [0.15, 0.2) is 0 Å². The molecule has 1 aromatic heterocycles. The molecular formula is C13H14Br2N2O. The van der Waals surface area contributed by atoms with E-state index in [1.54, 1.807) is 4.68 Å². The Morgan fingerprint density at radius 1 is 1.22 bits per heavy atom. The Kier molecular flexibility index (Phi) is 4.12. The predicted octanol–water partition coefficient (Wildman–Crippen LogP) is 3.89. The van der Waals surface area contributed by atoms with Gasteiger partial charge in [-0.25, -0.2) is 4.68 Å². The van der Waals surface area contributed by atoms with E-state index >= 15 is 0 Å². The summed E-state index contributed by atoms with van der Waals surface area (Å²) in [5.74, 6) is 0.498. The lowest BCUT2D eigenvalue weighted by atomic mass is 10.1. The molecule has 0 saturated carbocycles. The summed E-state index contributed by atoms with van der Waals surface area (Å²) in [5, 5.41) is 3.16. The average Bonchev–Trinajstić information content (AvgIpc) is 2.58. The molecule has 0 aliphatic rings. The first kappa shape index (κ1) is 13.6. The maximum atomic E-state index is 12.1. The van der Waals surface area contributed by atoms with E-state index in [4.69, 9.17) is 0 Å². The minimum atomic E-state index is -0.0482. The third-order valence-corrected chi connectivity index (χ3v) is 3.95. The number of nitrogens with zero attached hydrogens (tertiary/aromatic N) is 1. The first-order chi connectivity index (χ1) is 8.49. The molecule has 1 N–H and O–H groups in total. The topological polar surface area (TPSA) is 37.8 Å². The molecule has 0 radical (unpaired) electrons. The second kappa shape index (κ2) is 5.45. The number of nitrogens with one attached hydrogen (secondary N) is 1. The van der Waals surface area contributed by atoms with Crippen LogP contribution in [0.2, 0.25) is 0 Å². The van der Waals surface area contributed by atoms with Crippen LogP contribution in [0, 0.1) is 5.92 Å². The van der Waals surface area contributed by atoms with Crippen molar-refractivity contribution in [1.29, 1.82) is 0 Å². The number of rotatable bonds is 3. The summed E-state index contributed by atoms with van der Waals surface area (Å²) < 4.78 is 3.18. The van der Waals surface area contributed by atoms with Crippen molar-refractivity contribution in [2.24, 2.45) is 5.92 Å². The molecule has 0 aliphatic carbocycles. The maximum absolute atomic E-state index is 12.1. The lowest BCUT2D eigenvalue weighted by molar-refractivity contribution is 0.626.